The van der Waals surface area contributed by atoms with Crippen molar-refractivity contribution < 1.29 is 23.5 Å². The molecule has 0 saturated carbocycles. The number of para-hydroxylation sites is 2. The minimum absolute atomic E-state index is 0.0144. The van der Waals surface area contributed by atoms with Gasteiger partial charge in [-0.1, -0.05) is 36.4 Å². The third kappa shape index (κ3) is 10.2. The molecule has 0 saturated heterocycles. The molecule has 1 amide bonds. The zero-order valence-corrected chi connectivity index (χ0v) is 29.7. The van der Waals surface area contributed by atoms with Gasteiger partial charge < -0.3 is 26.8 Å². The lowest BCUT2D eigenvalue weighted by Gasteiger charge is -2.12. The van der Waals surface area contributed by atoms with Gasteiger partial charge in [-0.3, -0.25) is 19.6 Å². The summed E-state index contributed by atoms with van der Waals surface area (Å²) in [5.74, 6) is 0.267. The van der Waals surface area contributed by atoms with E-state index >= 15 is 0 Å². The SMILES string of the molecule is Nc1ccccc1F.O=C(CNc1nc(-c2ccccn2)nc2c1CCC2)Nc1ccccc1F.O=C(O)CNc1nc(-c2ccccn2)nc2c1CCC2. The maximum Gasteiger partial charge on any atom is 0.322 e. The van der Waals surface area contributed by atoms with Crippen molar-refractivity contribution in [2.45, 2.75) is 38.5 Å². The number of nitrogens with two attached hydrogens (primary N) is 1. The molecule has 0 unspecified atom stereocenters. The molecule has 6 N–H and O–H groups in total. The monoisotopic (exact) mass is 744 g/mol. The third-order valence-corrected chi connectivity index (χ3v) is 8.53. The van der Waals surface area contributed by atoms with Crippen molar-refractivity contribution in [2.24, 2.45) is 0 Å². The van der Waals surface area contributed by atoms with Crippen LogP contribution in [0.5, 0.6) is 0 Å². The smallest absolute Gasteiger partial charge is 0.322 e. The van der Waals surface area contributed by atoms with Gasteiger partial charge in [-0.2, -0.15) is 0 Å². The fourth-order valence-electron chi connectivity index (χ4n) is 5.93. The minimum Gasteiger partial charge on any atom is -0.480 e. The number of nitrogens with zero attached hydrogens (tertiary/aromatic N) is 6. The number of carbonyl (C=O) groups is 2. The molecule has 2 aromatic carbocycles. The summed E-state index contributed by atoms with van der Waals surface area (Å²) in [5.41, 5.74) is 10.9. The molecular weight excluding hydrogens is 707 g/mol. The van der Waals surface area contributed by atoms with Gasteiger partial charge in [0.05, 0.1) is 17.9 Å². The van der Waals surface area contributed by atoms with Crippen molar-refractivity contribution in [3.05, 3.63) is 131 Å². The Hall–Kier alpha value is -6.90. The third-order valence-electron chi connectivity index (χ3n) is 8.53. The number of aromatic nitrogens is 6. The maximum atomic E-state index is 13.7. The standard InChI is InChI=1S/C20H18FN5O.C14H14N4O2.C6H6FN/c21-14-7-1-2-8-16(14)24-18(27)12-23-19-13-6-5-10-15(13)25-20(26-19)17-9-3-4-11-22-17;19-12(20)8-16-13-9-4-3-6-10(9)17-14(18-13)11-5-1-2-7-15-11;7-5-3-1-2-4-6(5)8/h1-4,7-9,11H,5-6,10,12H2,(H,24,27)(H,23,25,26);1-2,5,7H,3-4,6,8H2,(H,19,20)(H,16,17,18);1-4H,8H2. The van der Waals surface area contributed by atoms with Gasteiger partial charge in [0, 0.05) is 34.9 Å². The molecule has 4 aromatic heterocycles. The van der Waals surface area contributed by atoms with Gasteiger partial charge in [-0.15, -0.1) is 0 Å². The van der Waals surface area contributed by atoms with Crippen molar-refractivity contribution in [3.63, 3.8) is 0 Å². The highest BCUT2D eigenvalue weighted by molar-refractivity contribution is 5.93. The minimum atomic E-state index is -0.908. The summed E-state index contributed by atoms with van der Waals surface area (Å²) in [6.45, 7) is -0.162. The quantitative estimate of drug-likeness (QED) is 0.106. The second-order valence-electron chi connectivity index (χ2n) is 12.4. The summed E-state index contributed by atoms with van der Waals surface area (Å²) in [5, 5.41) is 17.3. The number of amides is 1. The summed E-state index contributed by atoms with van der Waals surface area (Å²) < 4.78 is 25.9. The Morgan fingerprint density at radius 3 is 1.62 bits per heavy atom. The van der Waals surface area contributed by atoms with Gasteiger partial charge >= 0.3 is 5.97 Å². The normalized spacial score (nSPS) is 12.2. The van der Waals surface area contributed by atoms with Crippen LogP contribution < -0.4 is 21.7 Å². The van der Waals surface area contributed by atoms with Gasteiger partial charge in [-0.05, 0) is 87.1 Å². The zero-order valence-electron chi connectivity index (χ0n) is 29.7. The maximum absolute atomic E-state index is 13.7. The summed E-state index contributed by atoms with van der Waals surface area (Å²) in [6, 6.07) is 23.3. The number of fused-ring (bicyclic) bond motifs is 2. The van der Waals surface area contributed by atoms with Crippen LogP contribution in [0.15, 0.2) is 97.3 Å². The van der Waals surface area contributed by atoms with E-state index in [0.29, 0.717) is 34.7 Å². The molecule has 2 aliphatic carbocycles. The Kier molecular flexibility index (Phi) is 12.5. The number of nitrogens with one attached hydrogen (secondary N) is 3. The highest BCUT2D eigenvalue weighted by Crippen LogP contribution is 2.30. The number of aryl methyl sites for hydroxylation is 2. The van der Waals surface area contributed by atoms with Gasteiger partial charge in [0.1, 0.15) is 41.2 Å². The van der Waals surface area contributed by atoms with Crippen LogP contribution in [0.25, 0.3) is 23.0 Å². The molecule has 280 valence electrons. The fourth-order valence-corrected chi connectivity index (χ4v) is 5.93. The molecular formula is C40H38F2N10O3. The highest BCUT2D eigenvalue weighted by Gasteiger charge is 2.22. The molecule has 13 nitrogen and oxygen atoms in total. The number of carboxylic acid groups (broad SMARTS) is 1. The van der Waals surface area contributed by atoms with Gasteiger partial charge in [0.2, 0.25) is 5.91 Å². The molecule has 6 aromatic rings. The van der Waals surface area contributed by atoms with Crippen LogP contribution in [-0.2, 0) is 35.3 Å². The van der Waals surface area contributed by atoms with E-state index in [1.54, 1.807) is 36.7 Å². The average molecular weight is 745 g/mol. The van der Waals surface area contributed by atoms with Crippen molar-refractivity contribution in [3.8, 4) is 23.0 Å². The van der Waals surface area contributed by atoms with Crippen LogP contribution in [-0.4, -0.2) is 60.0 Å². The number of carboxylic acids is 1. The average Bonchev–Trinajstić information content (AvgIpc) is 3.90. The van der Waals surface area contributed by atoms with Gasteiger partial charge in [0.25, 0.3) is 0 Å². The second kappa shape index (κ2) is 18.2. The zero-order chi connectivity index (χ0) is 38.6. The number of hydrogen-bond donors (Lipinski definition) is 5. The molecule has 55 heavy (non-hydrogen) atoms. The molecule has 0 aliphatic heterocycles. The Morgan fingerprint density at radius 2 is 1.15 bits per heavy atom. The van der Waals surface area contributed by atoms with Crippen molar-refractivity contribution in [1.29, 1.82) is 0 Å². The van der Waals surface area contributed by atoms with E-state index in [1.165, 1.54) is 24.3 Å². The Bertz CT molecular complexity index is 2240. The molecule has 0 bridgehead atoms. The molecule has 2 aliphatic rings. The topological polar surface area (TPSA) is 194 Å². The molecule has 0 spiro atoms. The lowest BCUT2D eigenvalue weighted by molar-refractivity contribution is -0.135. The number of anilines is 4. The van der Waals surface area contributed by atoms with Crippen molar-refractivity contribution in [2.75, 3.05) is 34.8 Å². The van der Waals surface area contributed by atoms with Crippen molar-refractivity contribution >= 4 is 34.9 Å². The second-order valence-corrected chi connectivity index (χ2v) is 12.4. The predicted molar refractivity (Wildman–Crippen MR) is 205 cm³/mol. The number of carbonyl (C=O) groups excluding carboxylic acids is 1. The Morgan fingerprint density at radius 1 is 0.636 bits per heavy atom. The number of nitrogen functional groups attached to an aromatic ring is 1. The molecule has 0 fully saturated rings. The van der Waals surface area contributed by atoms with Crippen LogP contribution in [0.4, 0.5) is 31.8 Å². The van der Waals surface area contributed by atoms with E-state index in [1.807, 2.05) is 36.4 Å². The number of benzene rings is 2. The Labute approximate surface area is 315 Å². The van der Waals surface area contributed by atoms with Gasteiger partial charge in [0.15, 0.2) is 11.6 Å². The van der Waals surface area contributed by atoms with E-state index in [-0.39, 0.29) is 36.2 Å². The first-order chi connectivity index (χ1) is 26.7. The van der Waals surface area contributed by atoms with E-state index in [9.17, 15) is 18.4 Å². The predicted octanol–water partition coefficient (Wildman–Crippen LogP) is 6.15. The largest absolute Gasteiger partial charge is 0.480 e. The number of rotatable bonds is 9. The summed E-state index contributed by atoms with van der Waals surface area (Å²) in [6.07, 6.45) is 8.96. The van der Waals surface area contributed by atoms with E-state index in [4.69, 9.17) is 10.8 Å². The van der Waals surface area contributed by atoms with E-state index in [2.05, 4.69) is 45.9 Å². The molecule has 4 heterocycles. The number of hydrogen-bond acceptors (Lipinski definition) is 11. The van der Waals surface area contributed by atoms with Crippen LogP contribution in [0.1, 0.15) is 35.4 Å². The summed E-state index contributed by atoms with van der Waals surface area (Å²) in [4.78, 5) is 49.6. The fraction of sp³-hybridized carbons (Fsp3) is 0.200. The summed E-state index contributed by atoms with van der Waals surface area (Å²) >= 11 is 0. The van der Waals surface area contributed by atoms with Gasteiger partial charge in [-0.25, -0.2) is 28.7 Å². The molecule has 15 heteroatoms. The van der Waals surface area contributed by atoms with E-state index in [0.717, 1.165) is 61.0 Å². The van der Waals surface area contributed by atoms with Crippen LogP contribution in [0, 0.1) is 11.6 Å². The van der Waals surface area contributed by atoms with Crippen LogP contribution in [0.3, 0.4) is 0 Å². The summed E-state index contributed by atoms with van der Waals surface area (Å²) in [7, 11) is 0. The first kappa shape index (κ1) is 37.8. The van der Waals surface area contributed by atoms with E-state index < -0.39 is 11.8 Å². The molecule has 8 rings (SSSR count). The number of halogens is 2. The van der Waals surface area contributed by atoms with Crippen molar-refractivity contribution in [1.82, 2.24) is 29.9 Å². The Balaban J connectivity index is 0.000000160. The first-order valence-electron chi connectivity index (χ1n) is 17.6. The lowest BCUT2D eigenvalue weighted by atomic mass is 10.2. The first-order valence-corrected chi connectivity index (χ1v) is 17.6. The van der Waals surface area contributed by atoms with Crippen LogP contribution >= 0.6 is 0 Å². The van der Waals surface area contributed by atoms with Crippen LogP contribution in [0.2, 0.25) is 0 Å². The molecule has 0 radical (unpaired) electrons. The number of aliphatic carboxylic acids is 1. The highest BCUT2D eigenvalue weighted by atomic mass is 19.1. The number of pyridine rings is 2. The molecule has 0 atom stereocenters. The lowest BCUT2D eigenvalue weighted by Crippen LogP contribution is -2.23.